The van der Waals surface area contributed by atoms with E-state index >= 15 is 0 Å². The second kappa shape index (κ2) is 6.22. The third-order valence-electron chi connectivity index (χ3n) is 3.94. The van der Waals surface area contributed by atoms with Gasteiger partial charge in [0.1, 0.15) is 11.8 Å². The number of furan rings is 1. The summed E-state index contributed by atoms with van der Waals surface area (Å²) in [6, 6.07) is 5.40. The molecule has 26 heavy (non-hydrogen) atoms. The Hall–Kier alpha value is -3.86. The number of nitrogens with zero attached hydrogens (tertiary/aromatic N) is 5. The molecule has 1 N–H and O–H groups in total. The van der Waals surface area contributed by atoms with Gasteiger partial charge in [-0.05, 0) is 24.6 Å². The normalized spacial score (nSPS) is 12.2. The molecule has 1 amide bonds. The van der Waals surface area contributed by atoms with Crippen molar-refractivity contribution in [3.63, 3.8) is 0 Å². The maximum absolute atomic E-state index is 12.5. The number of pyridine rings is 1. The van der Waals surface area contributed by atoms with Crippen LogP contribution in [0.1, 0.15) is 38.4 Å². The highest BCUT2D eigenvalue weighted by Crippen LogP contribution is 2.22. The zero-order valence-electron chi connectivity index (χ0n) is 13.7. The maximum Gasteiger partial charge on any atom is 0.276 e. The van der Waals surface area contributed by atoms with Crippen molar-refractivity contribution >= 4 is 17.6 Å². The first kappa shape index (κ1) is 15.7. The third kappa shape index (κ3) is 2.71. The lowest BCUT2D eigenvalue weighted by Crippen LogP contribution is -2.18. The zero-order valence-corrected chi connectivity index (χ0v) is 13.7. The van der Waals surface area contributed by atoms with Gasteiger partial charge in [0.25, 0.3) is 5.91 Å². The number of hydrogen-bond acceptors (Lipinski definition) is 7. The molecule has 0 fully saturated rings. The Morgan fingerprint density at radius 3 is 2.96 bits per heavy atom. The van der Waals surface area contributed by atoms with E-state index in [0.717, 1.165) is 11.1 Å². The largest absolute Gasteiger partial charge is 0.472 e. The van der Waals surface area contributed by atoms with Gasteiger partial charge in [-0.15, -0.1) is 0 Å². The molecule has 0 bridgehead atoms. The molecular formula is C18H12N6O2. The summed E-state index contributed by atoms with van der Waals surface area (Å²) in [5, 5.41) is 11.5. The number of nitriles is 1. The number of aliphatic imine (C=N–C) groups is 1. The molecule has 0 radical (unpaired) electrons. The number of nitrogens with one attached hydrogen (secondary N) is 1. The van der Waals surface area contributed by atoms with Crippen molar-refractivity contribution in [1.29, 1.82) is 5.26 Å². The number of fused-ring (bicyclic) bond motifs is 1. The van der Waals surface area contributed by atoms with Gasteiger partial charge in [-0.2, -0.15) is 5.26 Å². The number of aromatic nitrogens is 3. The van der Waals surface area contributed by atoms with Crippen LogP contribution in [-0.2, 0) is 6.54 Å². The number of carbonyl (C=O) groups is 1. The second-order valence-corrected chi connectivity index (χ2v) is 5.70. The van der Waals surface area contributed by atoms with Crippen molar-refractivity contribution in [1.82, 2.24) is 15.0 Å². The van der Waals surface area contributed by atoms with E-state index in [2.05, 4.69) is 25.3 Å². The van der Waals surface area contributed by atoms with Gasteiger partial charge in [0.05, 0.1) is 36.0 Å². The van der Waals surface area contributed by atoms with Gasteiger partial charge in [-0.3, -0.25) is 15.1 Å². The Labute approximate surface area is 148 Å². The maximum atomic E-state index is 12.5. The fraction of sp³-hybridized carbons (Fsp3) is 0.111. The molecule has 0 atom stereocenters. The predicted molar refractivity (Wildman–Crippen MR) is 91.7 cm³/mol. The SMILES string of the molecule is Cc1cc(C#N)cnc1C(=O)Nc1ncc2c(n1)C(c1ccoc1)=NC2. The molecule has 3 aromatic rings. The molecule has 3 aromatic heterocycles. The predicted octanol–water partition coefficient (Wildman–Crippen LogP) is 2.25. The lowest BCUT2D eigenvalue weighted by molar-refractivity contribution is 0.102. The molecule has 0 saturated heterocycles. The summed E-state index contributed by atoms with van der Waals surface area (Å²) in [5.41, 5.74) is 4.30. The molecule has 4 heterocycles. The number of aryl methyl sites for hydroxylation is 1. The van der Waals surface area contributed by atoms with E-state index < -0.39 is 5.91 Å². The van der Waals surface area contributed by atoms with E-state index in [1.807, 2.05) is 6.07 Å². The molecule has 8 heteroatoms. The summed E-state index contributed by atoms with van der Waals surface area (Å²) in [7, 11) is 0. The van der Waals surface area contributed by atoms with E-state index in [-0.39, 0.29) is 11.6 Å². The number of anilines is 1. The molecule has 0 aromatic carbocycles. The molecule has 4 rings (SSSR count). The first-order valence-electron chi connectivity index (χ1n) is 7.77. The van der Waals surface area contributed by atoms with Gasteiger partial charge in [0.2, 0.25) is 5.95 Å². The quantitative estimate of drug-likeness (QED) is 0.778. The smallest absolute Gasteiger partial charge is 0.276 e. The van der Waals surface area contributed by atoms with E-state index in [1.54, 1.807) is 37.8 Å². The first-order valence-corrected chi connectivity index (χ1v) is 7.77. The average Bonchev–Trinajstić information content (AvgIpc) is 3.30. The molecule has 1 aliphatic rings. The van der Waals surface area contributed by atoms with Gasteiger partial charge >= 0.3 is 0 Å². The molecule has 0 saturated carbocycles. The van der Waals surface area contributed by atoms with Crippen LogP contribution < -0.4 is 5.32 Å². The fourth-order valence-corrected chi connectivity index (χ4v) is 2.69. The molecular weight excluding hydrogens is 332 g/mol. The molecule has 0 spiro atoms. The Balaban J connectivity index is 1.61. The summed E-state index contributed by atoms with van der Waals surface area (Å²) in [4.78, 5) is 29.6. The Kier molecular flexibility index (Phi) is 3.74. The summed E-state index contributed by atoms with van der Waals surface area (Å²) in [6.45, 7) is 2.20. The molecule has 1 aliphatic heterocycles. The van der Waals surface area contributed by atoms with Crippen LogP contribution in [0.5, 0.6) is 0 Å². The first-order chi connectivity index (χ1) is 12.7. The van der Waals surface area contributed by atoms with Crippen LogP contribution in [0.4, 0.5) is 5.95 Å². The minimum atomic E-state index is -0.438. The van der Waals surface area contributed by atoms with E-state index in [9.17, 15) is 4.79 Å². The van der Waals surface area contributed by atoms with Crippen molar-refractivity contribution in [2.75, 3.05) is 5.32 Å². The molecule has 126 valence electrons. The summed E-state index contributed by atoms with van der Waals surface area (Å²) in [6.07, 6.45) is 6.17. The van der Waals surface area contributed by atoms with Crippen LogP contribution >= 0.6 is 0 Å². The summed E-state index contributed by atoms with van der Waals surface area (Å²) < 4.78 is 5.10. The topological polar surface area (TPSA) is 117 Å². The van der Waals surface area contributed by atoms with Crippen LogP contribution in [0.2, 0.25) is 0 Å². The van der Waals surface area contributed by atoms with Crippen molar-refractivity contribution in [3.05, 3.63) is 70.7 Å². The minimum absolute atomic E-state index is 0.164. The van der Waals surface area contributed by atoms with Gasteiger partial charge < -0.3 is 4.42 Å². The molecule has 8 nitrogen and oxygen atoms in total. The van der Waals surface area contributed by atoms with E-state index in [0.29, 0.717) is 29.1 Å². The lowest BCUT2D eigenvalue weighted by Gasteiger charge is -2.07. The fourth-order valence-electron chi connectivity index (χ4n) is 2.69. The Morgan fingerprint density at radius 1 is 1.35 bits per heavy atom. The number of carbonyl (C=O) groups excluding carboxylic acids is 1. The van der Waals surface area contributed by atoms with Crippen molar-refractivity contribution in [2.24, 2.45) is 4.99 Å². The molecule has 0 aliphatic carbocycles. The summed E-state index contributed by atoms with van der Waals surface area (Å²) >= 11 is 0. The van der Waals surface area contributed by atoms with Crippen molar-refractivity contribution < 1.29 is 9.21 Å². The van der Waals surface area contributed by atoms with Crippen LogP contribution in [0.25, 0.3) is 0 Å². The van der Waals surface area contributed by atoms with Gasteiger partial charge in [-0.25, -0.2) is 15.0 Å². The highest BCUT2D eigenvalue weighted by Gasteiger charge is 2.22. The van der Waals surface area contributed by atoms with Crippen LogP contribution in [0.15, 0.2) is 46.5 Å². The van der Waals surface area contributed by atoms with Crippen LogP contribution in [-0.4, -0.2) is 26.6 Å². The second-order valence-electron chi connectivity index (χ2n) is 5.70. The highest BCUT2D eigenvalue weighted by atomic mass is 16.3. The van der Waals surface area contributed by atoms with E-state index in [1.165, 1.54) is 6.20 Å². The number of rotatable bonds is 3. The monoisotopic (exact) mass is 344 g/mol. The standard InChI is InChI=1S/C18H12N6O2/c1-10-4-11(5-19)6-20-14(10)17(25)24-18-22-8-13-7-21-15(16(13)23-18)12-2-3-26-9-12/h2-4,6,8-9H,7H2,1H3,(H,22,23,24,25). The Morgan fingerprint density at radius 2 is 2.23 bits per heavy atom. The van der Waals surface area contributed by atoms with Gasteiger partial charge in [-0.1, -0.05) is 0 Å². The lowest BCUT2D eigenvalue weighted by atomic mass is 10.1. The van der Waals surface area contributed by atoms with Crippen molar-refractivity contribution in [3.8, 4) is 6.07 Å². The number of hydrogen-bond donors (Lipinski definition) is 1. The van der Waals surface area contributed by atoms with Gasteiger partial charge in [0.15, 0.2) is 0 Å². The molecule has 0 unspecified atom stereocenters. The Bertz CT molecular complexity index is 1080. The van der Waals surface area contributed by atoms with Crippen LogP contribution in [0, 0.1) is 18.3 Å². The highest BCUT2D eigenvalue weighted by molar-refractivity contribution is 6.14. The third-order valence-corrected chi connectivity index (χ3v) is 3.94. The minimum Gasteiger partial charge on any atom is -0.472 e. The average molecular weight is 344 g/mol. The van der Waals surface area contributed by atoms with Crippen molar-refractivity contribution in [2.45, 2.75) is 13.5 Å². The number of amides is 1. The van der Waals surface area contributed by atoms with Crippen LogP contribution in [0.3, 0.4) is 0 Å². The van der Waals surface area contributed by atoms with E-state index in [4.69, 9.17) is 9.68 Å². The zero-order chi connectivity index (χ0) is 18.1. The van der Waals surface area contributed by atoms with Gasteiger partial charge in [0, 0.05) is 23.5 Å². The summed E-state index contributed by atoms with van der Waals surface area (Å²) in [5.74, 6) is -0.274.